The van der Waals surface area contributed by atoms with E-state index in [2.05, 4.69) is 19.2 Å². The highest BCUT2D eigenvalue weighted by Crippen LogP contribution is 2.40. The van der Waals surface area contributed by atoms with Crippen molar-refractivity contribution >= 4 is 23.5 Å². The summed E-state index contributed by atoms with van der Waals surface area (Å²) in [6.45, 7) is 4.71. The van der Waals surface area contributed by atoms with Crippen LogP contribution in [0.25, 0.3) is 0 Å². The molecule has 110 valence electrons. The summed E-state index contributed by atoms with van der Waals surface area (Å²) in [5.74, 6) is 3.43. The molecule has 2 aliphatic rings. The van der Waals surface area contributed by atoms with Gasteiger partial charge in [-0.3, -0.25) is 0 Å². The van der Waals surface area contributed by atoms with Gasteiger partial charge in [0.25, 0.3) is 0 Å². The molecule has 0 aromatic heterocycles. The Hall–Kier alpha value is -0.190. The fourth-order valence-electron chi connectivity index (χ4n) is 2.99. The van der Waals surface area contributed by atoms with E-state index in [4.69, 9.17) is 0 Å². The van der Waals surface area contributed by atoms with Gasteiger partial charge in [0, 0.05) is 22.7 Å². The Morgan fingerprint density at radius 2 is 2.15 bits per heavy atom. The van der Waals surface area contributed by atoms with Crippen molar-refractivity contribution in [1.82, 2.24) is 5.32 Å². The van der Waals surface area contributed by atoms with Crippen LogP contribution in [0.3, 0.4) is 0 Å². The predicted octanol–water partition coefficient (Wildman–Crippen LogP) is 4.48. The maximum absolute atomic E-state index is 13.6. The van der Waals surface area contributed by atoms with Crippen LogP contribution in [-0.2, 0) is 0 Å². The Kier molecular flexibility index (Phi) is 4.34. The van der Waals surface area contributed by atoms with Crippen LogP contribution < -0.4 is 5.32 Å². The zero-order valence-electron chi connectivity index (χ0n) is 12.1. The molecule has 0 bridgehead atoms. The number of fused-ring (bicyclic) bond motifs is 1. The van der Waals surface area contributed by atoms with E-state index in [-0.39, 0.29) is 5.82 Å². The second-order valence-electron chi connectivity index (χ2n) is 6.40. The van der Waals surface area contributed by atoms with E-state index in [1.165, 1.54) is 22.8 Å². The number of thioether (sulfide) groups is 2. The summed E-state index contributed by atoms with van der Waals surface area (Å²) in [5.41, 5.74) is 1.50. The van der Waals surface area contributed by atoms with Crippen LogP contribution in [0.2, 0.25) is 0 Å². The van der Waals surface area contributed by atoms with Gasteiger partial charge in [-0.05, 0) is 53.5 Å². The molecule has 2 unspecified atom stereocenters. The number of hydrogen-bond acceptors (Lipinski definition) is 3. The molecule has 1 aromatic carbocycles. The van der Waals surface area contributed by atoms with E-state index in [9.17, 15) is 4.39 Å². The highest BCUT2D eigenvalue weighted by Gasteiger charge is 2.35. The number of halogens is 1. The Labute approximate surface area is 129 Å². The summed E-state index contributed by atoms with van der Waals surface area (Å²) in [6, 6.07) is 6.07. The molecule has 0 radical (unpaired) electrons. The third kappa shape index (κ3) is 3.02. The summed E-state index contributed by atoms with van der Waals surface area (Å²) >= 11 is 3.89. The summed E-state index contributed by atoms with van der Waals surface area (Å²) in [5, 5.41) is 3.83. The predicted molar refractivity (Wildman–Crippen MR) is 87.1 cm³/mol. The first-order valence-electron chi connectivity index (χ1n) is 7.32. The highest BCUT2D eigenvalue weighted by molar-refractivity contribution is 7.99. The van der Waals surface area contributed by atoms with Gasteiger partial charge in [-0.15, -0.1) is 11.8 Å². The van der Waals surface area contributed by atoms with Crippen molar-refractivity contribution < 1.29 is 4.39 Å². The Morgan fingerprint density at radius 3 is 2.95 bits per heavy atom. The van der Waals surface area contributed by atoms with Gasteiger partial charge in [-0.1, -0.05) is 13.8 Å². The molecule has 20 heavy (non-hydrogen) atoms. The third-order valence-corrected chi connectivity index (χ3v) is 6.72. The average molecular weight is 311 g/mol. The lowest BCUT2D eigenvalue weighted by atomic mass is 9.81. The zero-order valence-corrected chi connectivity index (χ0v) is 13.7. The third-order valence-electron chi connectivity index (χ3n) is 4.53. The first-order valence-corrected chi connectivity index (χ1v) is 9.46. The van der Waals surface area contributed by atoms with E-state index in [0.717, 1.165) is 17.7 Å². The first kappa shape index (κ1) is 14.7. The Bertz CT molecular complexity index is 489. The molecule has 1 fully saturated rings. The van der Waals surface area contributed by atoms with Crippen molar-refractivity contribution in [2.24, 2.45) is 5.41 Å². The molecule has 1 aromatic rings. The molecule has 0 amide bonds. The number of hydrogen-bond donors (Lipinski definition) is 1. The molecule has 0 spiro atoms. The minimum atomic E-state index is -0.115. The smallest absolute Gasteiger partial charge is 0.123 e. The SMILES string of the molecule is CC1(C)CCSCC1NC1CCSc2ccc(F)cc21. The molecule has 2 aliphatic heterocycles. The molecular weight excluding hydrogens is 289 g/mol. The highest BCUT2D eigenvalue weighted by atomic mass is 32.2. The van der Waals surface area contributed by atoms with Gasteiger partial charge in [-0.2, -0.15) is 11.8 Å². The lowest BCUT2D eigenvalue weighted by molar-refractivity contribution is 0.225. The molecule has 0 aliphatic carbocycles. The summed E-state index contributed by atoms with van der Waals surface area (Å²) in [4.78, 5) is 1.25. The van der Waals surface area contributed by atoms with Crippen LogP contribution in [0.15, 0.2) is 23.1 Å². The Morgan fingerprint density at radius 1 is 1.30 bits per heavy atom. The van der Waals surface area contributed by atoms with Crippen LogP contribution in [0.1, 0.15) is 38.3 Å². The number of nitrogens with one attached hydrogen (secondary N) is 1. The summed E-state index contributed by atoms with van der Waals surface area (Å²) < 4.78 is 13.6. The summed E-state index contributed by atoms with van der Waals surface area (Å²) in [7, 11) is 0. The molecule has 0 saturated carbocycles. The summed E-state index contributed by atoms with van der Waals surface area (Å²) in [6.07, 6.45) is 2.35. The van der Waals surface area contributed by atoms with E-state index in [1.807, 2.05) is 29.6 Å². The van der Waals surface area contributed by atoms with Crippen molar-refractivity contribution in [2.75, 3.05) is 17.3 Å². The lowest BCUT2D eigenvalue weighted by Gasteiger charge is -2.42. The van der Waals surface area contributed by atoms with Crippen molar-refractivity contribution in [2.45, 2.75) is 43.7 Å². The minimum Gasteiger partial charge on any atom is -0.306 e. The van der Waals surface area contributed by atoms with Crippen LogP contribution in [0.4, 0.5) is 4.39 Å². The van der Waals surface area contributed by atoms with Crippen LogP contribution in [0.5, 0.6) is 0 Å². The molecule has 2 heterocycles. The molecule has 4 heteroatoms. The molecule has 2 atom stereocenters. The van der Waals surface area contributed by atoms with Gasteiger partial charge >= 0.3 is 0 Å². The fraction of sp³-hybridized carbons (Fsp3) is 0.625. The van der Waals surface area contributed by atoms with E-state index < -0.39 is 0 Å². The molecule has 1 N–H and O–H groups in total. The molecular formula is C16H22FNS2. The molecule has 1 saturated heterocycles. The van der Waals surface area contributed by atoms with E-state index >= 15 is 0 Å². The fourth-order valence-corrected chi connectivity index (χ4v) is 5.72. The first-order chi connectivity index (χ1) is 9.56. The zero-order chi connectivity index (χ0) is 14.2. The molecule has 1 nitrogen and oxygen atoms in total. The Balaban J connectivity index is 1.80. The van der Waals surface area contributed by atoms with E-state index in [0.29, 0.717) is 17.5 Å². The average Bonchev–Trinajstić information content (AvgIpc) is 2.41. The maximum atomic E-state index is 13.6. The van der Waals surface area contributed by atoms with Gasteiger partial charge < -0.3 is 5.32 Å². The quantitative estimate of drug-likeness (QED) is 0.864. The minimum absolute atomic E-state index is 0.115. The topological polar surface area (TPSA) is 12.0 Å². The monoisotopic (exact) mass is 311 g/mol. The standard InChI is InChI=1S/C16H22FNS2/c1-16(2)6-8-19-10-15(16)18-13-5-7-20-14-4-3-11(17)9-12(13)14/h3-4,9,13,15,18H,5-8,10H2,1-2H3. The van der Waals surface area contributed by atoms with Crippen LogP contribution in [-0.4, -0.2) is 23.3 Å². The van der Waals surface area contributed by atoms with Gasteiger partial charge in [0.2, 0.25) is 0 Å². The van der Waals surface area contributed by atoms with Crippen LogP contribution in [0, 0.1) is 11.2 Å². The van der Waals surface area contributed by atoms with Gasteiger partial charge in [0.05, 0.1) is 0 Å². The largest absolute Gasteiger partial charge is 0.306 e. The van der Waals surface area contributed by atoms with Gasteiger partial charge in [-0.25, -0.2) is 4.39 Å². The van der Waals surface area contributed by atoms with Crippen molar-refractivity contribution in [3.63, 3.8) is 0 Å². The molecule has 3 rings (SSSR count). The van der Waals surface area contributed by atoms with Crippen LogP contribution >= 0.6 is 23.5 Å². The van der Waals surface area contributed by atoms with Crippen molar-refractivity contribution in [3.8, 4) is 0 Å². The van der Waals surface area contributed by atoms with Gasteiger partial charge in [0.15, 0.2) is 0 Å². The lowest BCUT2D eigenvalue weighted by Crippen LogP contribution is -2.48. The van der Waals surface area contributed by atoms with Crippen molar-refractivity contribution in [1.29, 1.82) is 0 Å². The number of rotatable bonds is 2. The van der Waals surface area contributed by atoms with Crippen molar-refractivity contribution in [3.05, 3.63) is 29.6 Å². The second-order valence-corrected chi connectivity index (χ2v) is 8.69. The van der Waals surface area contributed by atoms with E-state index in [1.54, 1.807) is 12.1 Å². The number of benzene rings is 1. The second kappa shape index (κ2) is 5.90. The normalized spacial score (nSPS) is 28.9. The van der Waals surface area contributed by atoms with Gasteiger partial charge in [0.1, 0.15) is 5.82 Å². The maximum Gasteiger partial charge on any atom is 0.123 e.